The summed E-state index contributed by atoms with van der Waals surface area (Å²) in [6.07, 6.45) is -0.863. The van der Waals surface area contributed by atoms with Gasteiger partial charge in [0.2, 0.25) is 5.91 Å². The zero-order valence-corrected chi connectivity index (χ0v) is 15.1. The van der Waals surface area contributed by atoms with Gasteiger partial charge in [-0.3, -0.25) is 9.78 Å². The van der Waals surface area contributed by atoms with Crippen LogP contribution in [0.2, 0.25) is 0 Å². The van der Waals surface area contributed by atoms with Crippen molar-refractivity contribution >= 4 is 22.4 Å². The maximum Gasteiger partial charge on any atom is 0.416 e. The second-order valence-corrected chi connectivity index (χ2v) is 6.91. The molecule has 2 aromatic heterocycles. The summed E-state index contributed by atoms with van der Waals surface area (Å²) in [5.74, 6) is -0.459. The first-order valence-electron chi connectivity index (χ1n) is 8.16. The Morgan fingerprint density at radius 2 is 1.96 bits per heavy atom. The van der Waals surface area contributed by atoms with Crippen molar-refractivity contribution in [3.05, 3.63) is 65.3 Å². The number of thiazole rings is 1. The minimum atomic E-state index is -4.37. The van der Waals surface area contributed by atoms with E-state index < -0.39 is 11.7 Å². The standard InChI is InChI=1S/C19H16F3N3OS/c1-12(13-4-6-15(7-5-13)19(20,21)22)9-17(26)25-18-24-16(11-27-18)14-3-2-8-23-10-14/h2-8,10-12H,9H2,1H3,(H,24,25,26). The molecule has 2 heterocycles. The molecule has 0 saturated carbocycles. The van der Waals surface area contributed by atoms with Crippen LogP contribution in [0.15, 0.2) is 54.2 Å². The molecule has 3 rings (SSSR count). The lowest BCUT2D eigenvalue weighted by atomic mass is 9.96. The van der Waals surface area contributed by atoms with Gasteiger partial charge in [-0.25, -0.2) is 4.98 Å². The van der Waals surface area contributed by atoms with Gasteiger partial charge < -0.3 is 5.32 Å². The number of carbonyl (C=O) groups excluding carboxylic acids is 1. The quantitative estimate of drug-likeness (QED) is 0.637. The summed E-state index contributed by atoms with van der Waals surface area (Å²) in [5, 5.41) is 5.03. The molecule has 4 nitrogen and oxygen atoms in total. The number of benzene rings is 1. The normalized spacial score (nSPS) is 12.6. The van der Waals surface area contributed by atoms with Crippen LogP contribution in [0.5, 0.6) is 0 Å². The molecule has 1 atom stereocenters. The van der Waals surface area contributed by atoms with Crippen LogP contribution in [0.4, 0.5) is 18.3 Å². The molecule has 0 spiro atoms. The van der Waals surface area contributed by atoms with Crippen LogP contribution >= 0.6 is 11.3 Å². The molecule has 140 valence electrons. The summed E-state index contributed by atoms with van der Waals surface area (Å²) in [4.78, 5) is 20.6. The number of nitrogens with one attached hydrogen (secondary N) is 1. The highest BCUT2D eigenvalue weighted by Crippen LogP contribution is 2.31. The highest BCUT2D eigenvalue weighted by molar-refractivity contribution is 7.14. The zero-order valence-electron chi connectivity index (χ0n) is 14.3. The summed E-state index contributed by atoms with van der Waals surface area (Å²) in [6, 6.07) is 8.56. The highest BCUT2D eigenvalue weighted by Gasteiger charge is 2.30. The molecule has 1 amide bonds. The van der Waals surface area contributed by atoms with Crippen LogP contribution in [0.3, 0.4) is 0 Å². The number of halogens is 3. The van der Waals surface area contributed by atoms with Crippen LogP contribution in [0.25, 0.3) is 11.3 Å². The minimum absolute atomic E-state index is 0.146. The lowest BCUT2D eigenvalue weighted by Crippen LogP contribution is -2.14. The maximum atomic E-state index is 12.6. The van der Waals surface area contributed by atoms with Crippen molar-refractivity contribution in [2.45, 2.75) is 25.4 Å². The predicted molar refractivity (Wildman–Crippen MR) is 98.5 cm³/mol. The Morgan fingerprint density at radius 3 is 2.59 bits per heavy atom. The van der Waals surface area contributed by atoms with Crippen molar-refractivity contribution in [2.24, 2.45) is 0 Å². The first-order chi connectivity index (χ1) is 12.8. The van der Waals surface area contributed by atoms with E-state index in [1.165, 1.54) is 23.5 Å². The number of amides is 1. The summed E-state index contributed by atoms with van der Waals surface area (Å²) in [5.41, 5.74) is 1.55. The molecule has 0 radical (unpaired) electrons. The van der Waals surface area contributed by atoms with Gasteiger partial charge in [0, 0.05) is 29.8 Å². The SMILES string of the molecule is CC(CC(=O)Nc1nc(-c2cccnc2)cs1)c1ccc(C(F)(F)F)cc1. The zero-order chi connectivity index (χ0) is 19.4. The maximum absolute atomic E-state index is 12.6. The largest absolute Gasteiger partial charge is 0.416 e. The fourth-order valence-electron chi connectivity index (χ4n) is 2.54. The molecule has 0 aliphatic heterocycles. The summed E-state index contributed by atoms with van der Waals surface area (Å²) in [6.45, 7) is 1.80. The van der Waals surface area contributed by atoms with E-state index >= 15 is 0 Å². The van der Waals surface area contributed by atoms with Gasteiger partial charge in [-0.05, 0) is 35.7 Å². The third-order valence-corrected chi connectivity index (χ3v) is 4.76. The minimum Gasteiger partial charge on any atom is -0.302 e. The molecule has 1 N–H and O–H groups in total. The number of aromatic nitrogens is 2. The van der Waals surface area contributed by atoms with E-state index in [0.717, 1.165) is 23.4 Å². The molecule has 0 fully saturated rings. The fourth-order valence-corrected chi connectivity index (χ4v) is 3.28. The van der Waals surface area contributed by atoms with Crippen LogP contribution in [0, 0.1) is 0 Å². The molecule has 0 bridgehead atoms. The van der Waals surface area contributed by atoms with Crippen molar-refractivity contribution in [3.63, 3.8) is 0 Å². The molecule has 3 aromatic rings. The number of pyridine rings is 1. The summed E-state index contributed by atoms with van der Waals surface area (Å²) >= 11 is 1.30. The molecule has 0 aliphatic carbocycles. The van der Waals surface area contributed by atoms with Gasteiger partial charge in [0.1, 0.15) is 0 Å². The molecule has 0 aliphatic rings. The van der Waals surface area contributed by atoms with Crippen molar-refractivity contribution in [1.29, 1.82) is 0 Å². The Bertz CT molecular complexity index is 908. The number of rotatable bonds is 5. The third kappa shape index (κ3) is 4.91. The third-order valence-electron chi connectivity index (χ3n) is 4.01. The number of anilines is 1. The Kier molecular flexibility index (Phi) is 5.55. The van der Waals surface area contributed by atoms with Crippen molar-refractivity contribution < 1.29 is 18.0 Å². The van der Waals surface area contributed by atoms with Gasteiger partial charge in [-0.15, -0.1) is 11.3 Å². The Hall–Kier alpha value is -2.74. The summed E-state index contributed by atoms with van der Waals surface area (Å²) < 4.78 is 37.9. The monoisotopic (exact) mass is 391 g/mol. The van der Waals surface area contributed by atoms with Crippen molar-refractivity contribution in [2.75, 3.05) is 5.32 Å². The smallest absolute Gasteiger partial charge is 0.302 e. The molecule has 27 heavy (non-hydrogen) atoms. The average molecular weight is 391 g/mol. The van der Waals surface area contributed by atoms with Gasteiger partial charge >= 0.3 is 6.18 Å². The fraction of sp³-hybridized carbons (Fsp3) is 0.211. The first kappa shape index (κ1) is 19.0. The van der Waals surface area contributed by atoms with Gasteiger partial charge in [-0.1, -0.05) is 19.1 Å². The van der Waals surface area contributed by atoms with Crippen LogP contribution in [-0.4, -0.2) is 15.9 Å². The topological polar surface area (TPSA) is 54.9 Å². The Labute approximate surface area is 158 Å². The van der Waals surface area contributed by atoms with Crippen LogP contribution in [0.1, 0.15) is 30.4 Å². The van der Waals surface area contributed by atoms with E-state index in [1.54, 1.807) is 25.4 Å². The van der Waals surface area contributed by atoms with Crippen LogP contribution in [-0.2, 0) is 11.0 Å². The van der Waals surface area contributed by atoms with Gasteiger partial charge in [0.15, 0.2) is 5.13 Å². The Morgan fingerprint density at radius 1 is 1.22 bits per heavy atom. The number of hydrogen-bond donors (Lipinski definition) is 1. The highest BCUT2D eigenvalue weighted by atomic mass is 32.1. The van der Waals surface area contributed by atoms with E-state index in [0.29, 0.717) is 10.7 Å². The molecule has 1 unspecified atom stereocenters. The number of alkyl halides is 3. The molecule has 1 aromatic carbocycles. The van der Waals surface area contributed by atoms with E-state index in [2.05, 4.69) is 15.3 Å². The lowest BCUT2D eigenvalue weighted by molar-refractivity contribution is -0.137. The lowest BCUT2D eigenvalue weighted by Gasteiger charge is -2.13. The summed E-state index contributed by atoms with van der Waals surface area (Å²) in [7, 11) is 0. The van der Waals surface area contributed by atoms with Gasteiger partial charge in [-0.2, -0.15) is 13.2 Å². The van der Waals surface area contributed by atoms with Gasteiger partial charge in [0.05, 0.1) is 11.3 Å². The predicted octanol–water partition coefficient (Wildman–Crippen LogP) is 5.36. The Balaban J connectivity index is 1.60. The molecular weight excluding hydrogens is 375 g/mol. The van der Waals surface area contributed by atoms with E-state index in [9.17, 15) is 18.0 Å². The second-order valence-electron chi connectivity index (χ2n) is 6.05. The number of carbonyl (C=O) groups is 1. The average Bonchev–Trinajstić information content (AvgIpc) is 3.10. The number of hydrogen-bond acceptors (Lipinski definition) is 4. The number of nitrogens with zero attached hydrogens (tertiary/aromatic N) is 2. The second kappa shape index (κ2) is 7.87. The van der Waals surface area contributed by atoms with E-state index in [-0.39, 0.29) is 18.2 Å². The van der Waals surface area contributed by atoms with Crippen molar-refractivity contribution in [3.8, 4) is 11.3 Å². The van der Waals surface area contributed by atoms with E-state index in [1.807, 2.05) is 11.4 Å². The molecular formula is C19H16F3N3OS. The van der Waals surface area contributed by atoms with E-state index in [4.69, 9.17) is 0 Å². The molecule has 0 saturated heterocycles. The molecule has 8 heteroatoms. The van der Waals surface area contributed by atoms with Crippen LogP contribution < -0.4 is 5.32 Å². The van der Waals surface area contributed by atoms with Gasteiger partial charge in [0.25, 0.3) is 0 Å². The first-order valence-corrected chi connectivity index (χ1v) is 9.04. The van der Waals surface area contributed by atoms with Crippen molar-refractivity contribution in [1.82, 2.24) is 9.97 Å².